The van der Waals surface area contributed by atoms with Gasteiger partial charge in [-0.05, 0) is 31.0 Å². The van der Waals surface area contributed by atoms with Gasteiger partial charge in [0.25, 0.3) is 5.89 Å². The molecule has 0 radical (unpaired) electrons. The predicted molar refractivity (Wildman–Crippen MR) is 90.0 cm³/mol. The van der Waals surface area contributed by atoms with Gasteiger partial charge in [0.15, 0.2) is 5.82 Å². The van der Waals surface area contributed by atoms with Crippen LogP contribution in [0.2, 0.25) is 5.02 Å². The monoisotopic (exact) mass is 370 g/mol. The van der Waals surface area contributed by atoms with Gasteiger partial charge in [0, 0.05) is 14.1 Å². The Kier molecular flexibility index (Phi) is 4.41. The number of aromatic nitrogens is 2. The number of nitrogens with zero attached hydrogens (tertiary/aromatic N) is 3. The van der Waals surface area contributed by atoms with Crippen LogP contribution in [-0.2, 0) is 15.6 Å². The molecule has 1 aliphatic rings. The van der Waals surface area contributed by atoms with E-state index in [1.807, 2.05) is 0 Å². The molecule has 0 bridgehead atoms. The van der Waals surface area contributed by atoms with Crippen molar-refractivity contribution in [3.63, 3.8) is 0 Å². The molecule has 2 aromatic rings. The van der Waals surface area contributed by atoms with Crippen molar-refractivity contribution in [2.24, 2.45) is 5.73 Å². The highest BCUT2D eigenvalue weighted by Gasteiger charge is 2.36. The minimum Gasteiger partial charge on any atom is -0.334 e. The van der Waals surface area contributed by atoms with Crippen LogP contribution in [0.1, 0.15) is 31.5 Å². The number of hydrogen-bond donors (Lipinski definition) is 1. The smallest absolute Gasteiger partial charge is 0.259 e. The summed E-state index contributed by atoms with van der Waals surface area (Å²) in [6.45, 7) is 0. The van der Waals surface area contributed by atoms with E-state index in [9.17, 15) is 8.42 Å². The molecule has 2 N–H and O–H groups in total. The Labute approximate surface area is 145 Å². The van der Waals surface area contributed by atoms with Crippen LogP contribution in [0.25, 0.3) is 11.5 Å². The molecule has 0 amide bonds. The predicted octanol–water partition coefficient (Wildman–Crippen LogP) is 2.37. The quantitative estimate of drug-likeness (QED) is 0.886. The van der Waals surface area contributed by atoms with Gasteiger partial charge in [-0.3, -0.25) is 0 Å². The number of benzene rings is 1. The average molecular weight is 371 g/mol. The molecule has 7 nitrogen and oxygen atoms in total. The summed E-state index contributed by atoms with van der Waals surface area (Å²) in [5.41, 5.74) is 6.12. The number of sulfonamides is 1. The Hall–Kier alpha value is -1.48. The fourth-order valence-electron chi connectivity index (χ4n) is 2.80. The number of halogens is 1. The van der Waals surface area contributed by atoms with Gasteiger partial charge in [0.05, 0.1) is 21.0 Å². The zero-order valence-corrected chi connectivity index (χ0v) is 15.1. The maximum Gasteiger partial charge on any atom is 0.259 e. The third-order valence-electron chi connectivity index (χ3n) is 4.31. The van der Waals surface area contributed by atoms with Crippen molar-refractivity contribution in [2.75, 3.05) is 14.1 Å². The van der Waals surface area contributed by atoms with E-state index < -0.39 is 15.6 Å². The van der Waals surface area contributed by atoms with Crippen molar-refractivity contribution in [1.29, 1.82) is 0 Å². The SMILES string of the molecule is CN(C)S(=O)(=O)c1ccc(Cl)c(-c2nc(C3(N)CCCC3)no2)c1. The Balaban J connectivity index is 2.03. The summed E-state index contributed by atoms with van der Waals surface area (Å²) in [4.78, 5) is 4.47. The molecule has 3 rings (SSSR count). The van der Waals surface area contributed by atoms with E-state index in [2.05, 4.69) is 10.1 Å². The van der Waals surface area contributed by atoms with Crippen molar-refractivity contribution in [3.05, 3.63) is 29.0 Å². The van der Waals surface area contributed by atoms with Crippen molar-refractivity contribution in [3.8, 4) is 11.5 Å². The molecule has 1 fully saturated rings. The molecule has 0 saturated heterocycles. The second-order valence-electron chi connectivity index (χ2n) is 6.22. The molecule has 24 heavy (non-hydrogen) atoms. The topological polar surface area (TPSA) is 102 Å². The highest BCUT2D eigenvalue weighted by Crippen LogP contribution is 2.36. The lowest BCUT2D eigenvalue weighted by atomic mass is 9.99. The van der Waals surface area contributed by atoms with E-state index in [0.717, 1.165) is 30.0 Å². The van der Waals surface area contributed by atoms with Crippen molar-refractivity contribution < 1.29 is 12.9 Å². The minimum atomic E-state index is -3.58. The standard InChI is InChI=1S/C15H19ClN4O3S/c1-20(2)24(21,22)10-5-6-12(16)11(9-10)13-18-14(19-23-13)15(17)7-3-4-8-15/h5-6,9H,3-4,7-8,17H2,1-2H3. The van der Waals surface area contributed by atoms with Crippen LogP contribution in [0.15, 0.2) is 27.6 Å². The van der Waals surface area contributed by atoms with Crippen LogP contribution in [-0.4, -0.2) is 37.0 Å². The van der Waals surface area contributed by atoms with E-state index in [4.69, 9.17) is 21.9 Å². The van der Waals surface area contributed by atoms with Gasteiger partial charge in [0.2, 0.25) is 10.0 Å². The van der Waals surface area contributed by atoms with Crippen molar-refractivity contribution in [2.45, 2.75) is 36.1 Å². The van der Waals surface area contributed by atoms with E-state index in [0.29, 0.717) is 16.4 Å². The summed E-state index contributed by atoms with van der Waals surface area (Å²) in [7, 11) is -0.655. The molecule has 0 aliphatic heterocycles. The first-order valence-electron chi connectivity index (χ1n) is 7.59. The number of hydrogen-bond acceptors (Lipinski definition) is 6. The molecule has 1 aromatic carbocycles. The van der Waals surface area contributed by atoms with Crippen LogP contribution in [0.4, 0.5) is 0 Å². The molecule has 1 saturated carbocycles. The van der Waals surface area contributed by atoms with E-state index in [1.54, 1.807) is 0 Å². The van der Waals surface area contributed by atoms with Gasteiger partial charge in [-0.25, -0.2) is 12.7 Å². The minimum absolute atomic E-state index is 0.106. The average Bonchev–Trinajstić information content (AvgIpc) is 3.17. The van der Waals surface area contributed by atoms with Gasteiger partial charge in [-0.1, -0.05) is 29.6 Å². The van der Waals surface area contributed by atoms with Gasteiger partial charge in [0.1, 0.15) is 0 Å². The molecule has 1 aliphatic carbocycles. The third-order valence-corrected chi connectivity index (χ3v) is 6.45. The van der Waals surface area contributed by atoms with Crippen LogP contribution in [0, 0.1) is 0 Å². The molecule has 0 unspecified atom stereocenters. The molecule has 9 heteroatoms. The maximum absolute atomic E-state index is 12.3. The lowest BCUT2D eigenvalue weighted by molar-refractivity contribution is 0.372. The highest BCUT2D eigenvalue weighted by atomic mass is 35.5. The summed E-state index contributed by atoms with van der Waals surface area (Å²) >= 11 is 6.20. The Morgan fingerprint density at radius 2 is 1.96 bits per heavy atom. The second kappa shape index (κ2) is 6.11. The van der Waals surface area contributed by atoms with E-state index >= 15 is 0 Å². The summed E-state index contributed by atoms with van der Waals surface area (Å²) < 4.78 is 31.0. The largest absolute Gasteiger partial charge is 0.334 e. The molecular weight excluding hydrogens is 352 g/mol. The first-order valence-corrected chi connectivity index (χ1v) is 9.41. The normalized spacial score (nSPS) is 17.5. The first-order chi connectivity index (χ1) is 11.2. The number of rotatable bonds is 4. The number of nitrogens with two attached hydrogens (primary N) is 1. The summed E-state index contributed by atoms with van der Waals surface area (Å²) in [5.74, 6) is 0.606. The van der Waals surface area contributed by atoms with Gasteiger partial charge >= 0.3 is 0 Å². The van der Waals surface area contributed by atoms with Gasteiger partial charge < -0.3 is 10.3 Å². The van der Waals surface area contributed by atoms with Crippen molar-refractivity contribution in [1.82, 2.24) is 14.4 Å². The lowest BCUT2D eigenvalue weighted by Crippen LogP contribution is -2.34. The fourth-order valence-corrected chi connectivity index (χ4v) is 3.93. The van der Waals surface area contributed by atoms with Gasteiger partial charge in [-0.15, -0.1) is 0 Å². The van der Waals surface area contributed by atoms with Gasteiger partial charge in [-0.2, -0.15) is 4.98 Å². The first kappa shape index (κ1) is 17.3. The van der Waals surface area contributed by atoms with E-state index in [-0.39, 0.29) is 10.8 Å². The molecule has 0 spiro atoms. The molecule has 1 heterocycles. The summed E-state index contributed by atoms with van der Waals surface area (Å²) in [6.07, 6.45) is 3.65. The molecule has 1 aromatic heterocycles. The maximum atomic E-state index is 12.3. The van der Waals surface area contributed by atoms with Crippen LogP contribution < -0.4 is 5.73 Å². The zero-order valence-electron chi connectivity index (χ0n) is 13.5. The highest BCUT2D eigenvalue weighted by molar-refractivity contribution is 7.89. The molecule has 130 valence electrons. The Morgan fingerprint density at radius 3 is 2.58 bits per heavy atom. The Bertz CT molecular complexity index is 857. The molecule has 0 atom stereocenters. The van der Waals surface area contributed by atoms with Crippen molar-refractivity contribution >= 4 is 21.6 Å². The van der Waals surface area contributed by atoms with Crippen LogP contribution in [0.3, 0.4) is 0 Å². The van der Waals surface area contributed by atoms with Crippen LogP contribution >= 0.6 is 11.6 Å². The second-order valence-corrected chi connectivity index (χ2v) is 8.77. The Morgan fingerprint density at radius 1 is 1.29 bits per heavy atom. The summed E-state index contributed by atoms with van der Waals surface area (Å²) in [5, 5.41) is 4.32. The third kappa shape index (κ3) is 2.95. The van der Waals surface area contributed by atoms with Crippen LogP contribution in [0.5, 0.6) is 0 Å². The zero-order chi connectivity index (χ0) is 17.5. The van der Waals surface area contributed by atoms with E-state index in [1.165, 1.54) is 32.3 Å². The lowest BCUT2D eigenvalue weighted by Gasteiger charge is -2.17. The fraction of sp³-hybridized carbons (Fsp3) is 0.467. The molecular formula is C15H19ClN4O3S. The summed E-state index contributed by atoms with van der Waals surface area (Å²) in [6, 6.07) is 4.39.